The molecule has 3 rings (SSSR count). The number of amides is 3. The van der Waals surface area contributed by atoms with E-state index >= 15 is 0 Å². The summed E-state index contributed by atoms with van der Waals surface area (Å²) in [6.07, 6.45) is 4.82. The average molecular weight is 376 g/mol. The van der Waals surface area contributed by atoms with E-state index in [-0.39, 0.29) is 17.6 Å². The van der Waals surface area contributed by atoms with Gasteiger partial charge < -0.3 is 19.5 Å². The topological polar surface area (TPSA) is 86.1 Å². The Kier molecular flexibility index (Phi) is 6.49. The van der Waals surface area contributed by atoms with E-state index in [1.807, 2.05) is 4.90 Å². The van der Waals surface area contributed by atoms with Crippen LogP contribution in [0.3, 0.4) is 0 Å². The SMILES string of the molecule is CC(NC(=O)c1ccco1)C(=O)N1CCN(CC(=O)N2CCCCC2)CC1. The molecule has 0 bridgehead atoms. The summed E-state index contributed by atoms with van der Waals surface area (Å²) < 4.78 is 5.04. The van der Waals surface area contributed by atoms with Gasteiger partial charge in [-0.2, -0.15) is 0 Å². The van der Waals surface area contributed by atoms with Crippen molar-refractivity contribution < 1.29 is 18.8 Å². The van der Waals surface area contributed by atoms with Crippen molar-refractivity contribution in [2.24, 2.45) is 0 Å². The van der Waals surface area contributed by atoms with Crippen molar-refractivity contribution in [2.45, 2.75) is 32.2 Å². The largest absolute Gasteiger partial charge is 0.459 e. The zero-order valence-electron chi connectivity index (χ0n) is 15.9. The summed E-state index contributed by atoms with van der Waals surface area (Å²) in [5, 5.41) is 2.67. The van der Waals surface area contributed by atoms with Crippen LogP contribution in [0.4, 0.5) is 0 Å². The van der Waals surface area contributed by atoms with Crippen molar-refractivity contribution >= 4 is 17.7 Å². The van der Waals surface area contributed by atoms with Gasteiger partial charge in [0.2, 0.25) is 11.8 Å². The Balaban J connectivity index is 1.42. The molecule has 0 aliphatic carbocycles. The van der Waals surface area contributed by atoms with E-state index in [0.717, 1.165) is 25.9 Å². The number of nitrogens with one attached hydrogen (secondary N) is 1. The van der Waals surface area contributed by atoms with Crippen LogP contribution in [0.25, 0.3) is 0 Å². The fourth-order valence-electron chi connectivity index (χ4n) is 3.57. The molecule has 1 unspecified atom stereocenters. The third-order valence-corrected chi connectivity index (χ3v) is 5.21. The zero-order valence-corrected chi connectivity index (χ0v) is 15.9. The van der Waals surface area contributed by atoms with Gasteiger partial charge in [-0.1, -0.05) is 0 Å². The molecular formula is C19H28N4O4. The first-order valence-corrected chi connectivity index (χ1v) is 9.68. The second kappa shape index (κ2) is 9.03. The number of furan rings is 1. The lowest BCUT2D eigenvalue weighted by Crippen LogP contribution is -2.55. The standard InChI is InChI=1S/C19H28N4O4/c1-15(20-18(25)16-6-5-13-27-16)19(26)23-11-9-21(10-12-23)14-17(24)22-7-3-2-4-8-22/h5-6,13,15H,2-4,7-12,14H2,1H3,(H,20,25). The number of likely N-dealkylation sites (tertiary alicyclic amines) is 1. The molecule has 1 N–H and O–H groups in total. The van der Waals surface area contributed by atoms with E-state index < -0.39 is 11.9 Å². The molecule has 0 radical (unpaired) electrons. The van der Waals surface area contributed by atoms with Gasteiger partial charge in [-0.05, 0) is 38.3 Å². The Morgan fingerprint density at radius 3 is 2.37 bits per heavy atom. The highest BCUT2D eigenvalue weighted by Crippen LogP contribution is 2.11. The van der Waals surface area contributed by atoms with Crippen LogP contribution < -0.4 is 5.32 Å². The Morgan fingerprint density at radius 2 is 1.74 bits per heavy atom. The van der Waals surface area contributed by atoms with E-state index in [1.54, 1.807) is 24.0 Å². The molecule has 3 heterocycles. The molecule has 2 aliphatic heterocycles. The lowest BCUT2D eigenvalue weighted by atomic mass is 10.1. The number of piperidine rings is 1. The molecule has 0 aromatic carbocycles. The minimum Gasteiger partial charge on any atom is -0.459 e. The number of nitrogens with zero attached hydrogens (tertiary/aromatic N) is 3. The predicted octanol–water partition coefficient (Wildman–Crippen LogP) is 0.555. The van der Waals surface area contributed by atoms with Gasteiger partial charge in [-0.3, -0.25) is 19.3 Å². The highest BCUT2D eigenvalue weighted by Gasteiger charge is 2.28. The van der Waals surface area contributed by atoms with E-state index in [9.17, 15) is 14.4 Å². The molecule has 3 amide bonds. The van der Waals surface area contributed by atoms with Gasteiger partial charge >= 0.3 is 0 Å². The Labute approximate surface area is 159 Å². The summed E-state index contributed by atoms with van der Waals surface area (Å²) in [5.41, 5.74) is 0. The van der Waals surface area contributed by atoms with Gasteiger partial charge in [0.25, 0.3) is 5.91 Å². The van der Waals surface area contributed by atoms with Crippen molar-refractivity contribution in [1.29, 1.82) is 0 Å². The molecule has 2 aliphatic rings. The fourth-order valence-corrected chi connectivity index (χ4v) is 3.57. The maximum atomic E-state index is 12.6. The van der Waals surface area contributed by atoms with Crippen molar-refractivity contribution in [3.05, 3.63) is 24.2 Å². The van der Waals surface area contributed by atoms with Crippen molar-refractivity contribution in [3.63, 3.8) is 0 Å². The Bertz CT molecular complexity index is 647. The molecule has 8 heteroatoms. The predicted molar refractivity (Wildman–Crippen MR) is 99.1 cm³/mol. The first-order chi connectivity index (χ1) is 13.0. The highest BCUT2D eigenvalue weighted by atomic mass is 16.3. The second-order valence-corrected chi connectivity index (χ2v) is 7.22. The van der Waals surface area contributed by atoms with Crippen LogP contribution in [0.15, 0.2) is 22.8 Å². The van der Waals surface area contributed by atoms with E-state index in [2.05, 4.69) is 10.2 Å². The van der Waals surface area contributed by atoms with Crippen molar-refractivity contribution in [1.82, 2.24) is 20.0 Å². The second-order valence-electron chi connectivity index (χ2n) is 7.22. The molecule has 0 spiro atoms. The molecule has 27 heavy (non-hydrogen) atoms. The number of piperazine rings is 1. The van der Waals surface area contributed by atoms with Crippen LogP contribution in [0.1, 0.15) is 36.7 Å². The lowest BCUT2D eigenvalue weighted by Gasteiger charge is -2.37. The number of carbonyl (C=O) groups is 3. The quantitative estimate of drug-likeness (QED) is 0.811. The van der Waals surface area contributed by atoms with Gasteiger partial charge in [0.1, 0.15) is 6.04 Å². The van der Waals surface area contributed by atoms with Crippen LogP contribution in [0.2, 0.25) is 0 Å². The van der Waals surface area contributed by atoms with E-state index in [1.165, 1.54) is 12.7 Å². The monoisotopic (exact) mass is 376 g/mol. The summed E-state index contributed by atoms with van der Waals surface area (Å²) in [6, 6.07) is 2.57. The van der Waals surface area contributed by atoms with Crippen molar-refractivity contribution in [2.75, 3.05) is 45.8 Å². The van der Waals surface area contributed by atoms with Gasteiger partial charge in [0.15, 0.2) is 5.76 Å². The van der Waals surface area contributed by atoms with Gasteiger partial charge in [0, 0.05) is 39.3 Å². The molecule has 2 fully saturated rings. The smallest absolute Gasteiger partial charge is 0.287 e. The lowest BCUT2D eigenvalue weighted by molar-refractivity contribution is -0.136. The molecule has 1 aromatic rings. The first kappa shape index (κ1) is 19.4. The molecule has 1 atom stereocenters. The first-order valence-electron chi connectivity index (χ1n) is 9.68. The van der Waals surface area contributed by atoms with Crippen LogP contribution in [-0.2, 0) is 9.59 Å². The van der Waals surface area contributed by atoms with Crippen LogP contribution in [-0.4, -0.2) is 84.3 Å². The van der Waals surface area contributed by atoms with Crippen molar-refractivity contribution in [3.8, 4) is 0 Å². The van der Waals surface area contributed by atoms with E-state index in [0.29, 0.717) is 32.7 Å². The molecular weight excluding hydrogens is 348 g/mol. The normalized spacial score (nSPS) is 19.6. The maximum absolute atomic E-state index is 12.6. The third-order valence-electron chi connectivity index (χ3n) is 5.21. The van der Waals surface area contributed by atoms with Gasteiger partial charge in [-0.15, -0.1) is 0 Å². The number of carbonyl (C=O) groups excluding carboxylic acids is 3. The summed E-state index contributed by atoms with van der Waals surface area (Å²) in [4.78, 5) is 42.7. The number of hydrogen-bond donors (Lipinski definition) is 1. The van der Waals surface area contributed by atoms with E-state index in [4.69, 9.17) is 4.42 Å². The van der Waals surface area contributed by atoms with Gasteiger partial charge in [-0.25, -0.2) is 0 Å². The van der Waals surface area contributed by atoms with Crippen LogP contribution in [0, 0.1) is 0 Å². The van der Waals surface area contributed by atoms with Crippen LogP contribution in [0.5, 0.6) is 0 Å². The molecule has 8 nitrogen and oxygen atoms in total. The molecule has 0 saturated carbocycles. The fraction of sp³-hybridized carbons (Fsp3) is 0.632. The molecule has 2 saturated heterocycles. The maximum Gasteiger partial charge on any atom is 0.287 e. The third kappa shape index (κ3) is 5.09. The number of rotatable bonds is 5. The zero-order chi connectivity index (χ0) is 19.2. The molecule has 148 valence electrons. The summed E-state index contributed by atoms with van der Waals surface area (Å²) in [7, 11) is 0. The molecule has 1 aromatic heterocycles. The summed E-state index contributed by atoms with van der Waals surface area (Å²) >= 11 is 0. The number of hydrogen-bond acceptors (Lipinski definition) is 5. The van der Waals surface area contributed by atoms with Crippen LogP contribution >= 0.6 is 0 Å². The van der Waals surface area contributed by atoms with Gasteiger partial charge in [0.05, 0.1) is 12.8 Å². The highest BCUT2D eigenvalue weighted by molar-refractivity contribution is 5.95. The summed E-state index contributed by atoms with van der Waals surface area (Å²) in [5.74, 6) is -0.132. The Hall–Kier alpha value is -2.35. The Morgan fingerprint density at radius 1 is 1.04 bits per heavy atom. The minimum atomic E-state index is -0.621. The minimum absolute atomic E-state index is 0.114. The average Bonchev–Trinajstić information content (AvgIpc) is 3.23. The summed E-state index contributed by atoms with van der Waals surface area (Å²) in [6.45, 7) is 6.30.